The molecule has 46 heavy (non-hydrogen) atoms. The van der Waals surface area contributed by atoms with Crippen LogP contribution < -0.4 is 31.6 Å². The third kappa shape index (κ3) is 12.8. The number of amides is 1. The normalized spacial score (nSPS) is 15.9. The van der Waals surface area contributed by atoms with Gasteiger partial charge in [0.1, 0.15) is 11.3 Å². The van der Waals surface area contributed by atoms with Crippen LogP contribution in [0, 0.1) is 13.8 Å². The van der Waals surface area contributed by atoms with Gasteiger partial charge in [-0.25, -0.2) is 4.57 Å². The number of hydrogen-bond acceptors (Lipinski definition) is 3. The minimum atomic E-state index is -0.540. The third-order valence-electron chi connectivity index (χ3n) is 9.33. The molecule has 1 aromatic heterocycles. The number of carbonyl (C=O) groups is 2. The van der Waals surface area contributed by atoms with Crippen molar-refractivity contribution in [1.29, 1.82) is 0 Å². The van der Waals surface area contributed by atoms with Crippen LogP contribution in [-0.2, 0) is 17.8 Å². The monoisotopic (exact) mass is 694 g/mol. The molecule has 254 valence electrons. The number of para-hydroxylation sites is 1. The molecule has 1 heterocycles. The second-order valence-corrected chi connectivity index (χ2v) is 13.4. The quantitative estimate of drug-likeness (QED) is 0.101. The molecule has 3 rings (SSSR count). The van der Waals surface area contributed by atoms with Crippen molar-refractivity contribution >= 4 is 11.7 Å². The number of benzene rings is 1. The van der Waals surface area contributed by atoms with Gasteiger partial charge in [-0.1, -0.05) is 113 Å². The number of allylic oxidation sites excluding steroid dienone is 2. The number of unbranched alkanes of at least 4 members (excludes halogenated alkanes) is 11. The van der Waals surface area contributed by atoms with E-state index in [4.69, 9.17) is 4.74 Å². The molecule has 1 aromatic carbocycles. The number of nitrogens with zero attached hydrogens (tertiary/aromatic N) is 1. The average molecular weight is 696 g/mol. The van der Waals surface area contributed by atoms with Crippen LogP contribution in [0.25, 0.3) is 0 Å². The van der Waals surface area contributed by atoms with Crippen molar-refractivity contribution in [3.8, 4) is 5.75 Å². The molecule has 1 aliphatic rings. The van der Waals surface area contributed by atoms with E-state index in [-0.39, 0.29) is 35.1 Å². The number of aryl methyl sites for hydroxylation is 2. The number of ketones is 1. The molecule has 1 N–H and O–H groups in total. The minimum absolute atomic E-state index is 0. The maximum Gasteiger partial charge on any atom is 0.225 e. The summed E-state index contributed by atoms with van der Waals surface area (Å²) in [5, 5.41) is 3.39. The van der Waals surface area contributed by atoms with Crippen LogP contribution in [0.15, 0.2) is 60.0 Å². The summed E-state index contributed by atoms with van der Waals surface area (Å²) in [5.41, 5.74) is 5.75. The molecular weight excluding hydrogens is 636 g/mol. The number of carbonyl (C=O) groups excluding carboxylic acids is 2. The van der Waals surface area contributed by atoms with Crippen molar-refractivity contribution in [2.75, 3.05) is 6.61 Å². The number of ether oxygens (including phenoxy) is 1. The Morgan fingerprint density at radius 2 is 1.50 bits per heavy atom. The molecule has 0 spiro atoms. The molecular formula is C40H59BrN2O3. The molecule has 5 nitrogen and oxygen atoms in total. The molecule has 0 saturated heterocycles. The Morgan fingerprint density at radius 3 is 2.09 bits per heavy atom. The Labute approximate surface area is 290 Å². The molecule has 1 unspecified atom stereocenters. The van der Waals surface area contributed by atoms with E-state index in [1.54, 1.807) is 13.0 Å². The van der Waals surface area contributed by atoms with Gasteiger partial charge in [-0.15, -0.1) is 0 Å². The van der Waals surface area contributed by atoms with Crippen LogP contribution in [0.4, 0.5) is 0 Å². The predicted molar refractivity (Wildman–Crippen MR) is 186 cm³/mol. The summed E-state index contributed by atoms with van der Waals surface area (Å²) in [6.45, 7) is 13.5. The smallest absolute Gasteiger partial charge is 0.225 e. The predicted octanol–water partition coefficient (Wildman–Crippen LogP) is 6.27. The number of rotatable bonds is 20. The van der Waals surface area contributed by atoms with Gasteiger partial charge in [0.2, 0.25) is 5.91 Å². The lowest BCUT2D eigenvalue weighted by molar-refractivity contribution is -0.703. The Kier molecular flexibility index (Phi) is 17.6. The highest BCUT2D eigenvalue weighted by Crippen LogP contribution is 2.29. The van der Waals surface area contributed by atoms with E-state index in [0.29, 0.717) is 24.5 Å². The molecule has 1 amide bonds. The zero-order chi connectivity index (χ0) is 32.7. The van der Waals surface area contributed by atoms with Crippen molar-refractivity contribution in [1.82, 2.24) is 5.32 Å². The lowest BCUT2D eigenvalue weighted by Gasteiger charge is -2.33. The van der Waals surface area contributed by atoms with Gasteiger partial charge in [-0.05, 0) is 52.7 Å². The lowest BCUT2D eigenvalue weighted by Crippen LogP contribution is -3.00. The van der Waals surface area contributed by atoms with Crippen molar-refractivity contribution in [2.45, 2.75) is 144 Å². The maximum atomic E-state index is 13.7. The highest BCUT2D eigenvalue weighted by Gasteiger charge is 2.36. The van der Waals surface area contributed by atoms with Crippen molar-refractivity contribution < 1.29 is 35.9 Å². The van der Waals surface area contributed by atoms with Crippen LogP contribution in [-0.4, -0.2) is 23.8 Å². The molecule has 1 atom stereocenters. The summed E-state index contributed by atoms with van der Waals surface area (Å²) in [7, 11) is 0. The first kappa shape index (κ1) is 39.4. The zero-order valence-electron chi connectivity index (χ0n) is 29.5. The maximum absolute atomic E-state index is 13.7. The first-order valence-corrected chi connectivity index (χ1v) is 17.5. The molecule has 0 radical (unpaired) electrons. The Bertz CT molecular complexity index is 1330. The minimum Gasteiger partial charge on any atom is -1.00 e. The topological polar surface area (TPSA) is 59.3 Å². The summed E-state index contributed by atoms with van der Waals surface area (Å²) < 4.78 is 8.43. The van der Waals surface area contributed by atoms with Crippen molar-refractivity contribution in [3.63, 3.8) is 0 Å². The standard InChI is InChI=1S/C40H58N2O3.BrH/c1-7-8-9-10-11-12-13-14-15-16-17-18-26-45-39-36(20-19-21-37(39)35(6)43)27-38(44)41-40(24-22-31(2)33(4)28-40)30-42-25-23-32(3)34(5)29-42;/h19-25,29H,7-18,26-28,30H2,1-6H3;1H. The highest BCUT2D eigenvalue weighted by molar-refractivity contribution is 5.97. The van der Waals surface area contributed by atoms with E-state index in [1.165, 1.54) is 86.5 Å². The molecule has 2 aromatic rings. The van der Waals surface area contributed by atoms with Crippen LogP contribution in [0.2, 0.25) is 0 Å². The molecule has 0 saturated carbocycles. The van der Waals surface area contributed by atoms with Crippen molar-refractivity contribution in [3.05, 3.63) is 82.2 Å². The number of halogens is 1. The number of aromatic nitrogens is 1. The van der Waals surface area contributed by atoms with Gasteiger partial charge in [0, 0.05) is 23.6 Å². The number of nitrogens with one attached hydrogen (secondary N) is 1. The van der Waals surface area contributed by atoms with E-state index >= 15 is 0 Å². The van der Waals surface area contributed by atoms with E-state index in [2.05, 4.69) is 75.1 Å². The summed E-state index contributed by atoms with van der Waals surface area (Å²) in [6.07, 6.45) is 24.8. The van der Waals surface area contributed by atoms with Crippen LogP contribution in [0.3, 0.4) is 0 Å². The van der Waals surface area contributed by atoms with Crippen molar-refractivity contribution in [2.24, 2.45) is 0 Å². The number of pyridine rings is 1. The number of hydrogen-bond donors (Lipinski definition) is 1. The van der Waals surface area contributed by atoms with Gasteiger partial charge in [0.15, 0.2) is 24.7 Å². The summed E-state index contributed by atoms with van der Waals surface area (Å²) >= 11 is 0. The highest BCUT2D eigenvalue weighted by atomic mass is 79.9. The lowest BCUT2D eigenvalue weighted by atomic mass is 9.83. The first-order chi connectivity index (χ1) is 21.6. The Balaban J connectivity index is 0.00000736. The summed E-state index contributed by atoms with van der Waals surface area (Å²) in [6, 6.07) is 7.70. The summed E-state index contributed by atoms with van der Waals surface area (Å²) in [4.78, 5) is 26.2. The SMILES string of the molecule is CCCCCCCCCCCCCCOc1c(CC(=O)NC2(C[n+]3ccc(C)c(C)c3)C=CC(C)=C(C)C2)cccc1C(C)=O.[Br-]. The fourth-order valence-electron chi connectivity index (χ4n) is 6.27. The van der Waals surface area contributed by atoms with Crippen LogP contribution >= 0.6 is 0 Å². The average Bonchev–Trinajstić information content (AvgIpc) is 3.00. The van der Waals surface area contributed by atoms with Crippen LogP contribution in [0.1, 0.15) is 138 Å². The van der Waals surface area contributed by atoms with Crippen LogP contribution in [0.5, 0.6) is 5.75 Å². The van der Waals surface area contributed by atoms with E-state index < -0.39 is 5.54 Å². The van der Waals surface area contributed by atoms with E-state index in [9.17, 15) is 9.59 Å². The summed E-state index contributed by atoms with van der Waals surface area (Å²) in [5.74, 6) is 0.440. The van der Waals surface area contributed by atoms with Gasteiger partial charge in [0.25, 0.3) is 0 Å². The van der Waals surface area contributed by atoms with Gasteiger partial charge in [-0.3, -0.25) is 9.59 Å². The Morgan fingerprint density at radius 1 is 0.870 bits per heavy atom. The second kappa shape index (κ2) is 20.5. The fraction of sp³-hybridized carbons (Fsp3) is 0.575. The molecule has 6 heteroatoms. The first-order valence-electron chi connectivity index (χ1n) is 17.5. The van der Waals surface area contributed by atoms with Gasteiger partial charge < -0.3 is 27.0 Å². The third-order valence-corrected chi connectivity index (χ3v) is 9.33. The second-order valence-electron chi connectivity index (χ2n) is 13.4. The molecule has 1 aliphatic carbocycles. The van der Waals surface area contributed by atoms with E-state index in [1.807, 2.05) is 12.1 Å². The van der Waals surface area contributed by atoms with Gasteiger partial charge in [-0.2, -0.15) is 0 Å². The van der Waals surface area contributed by atoms with E-state index in [0.717, 1.165) is 24.8 Å². The largest absolute Gasteiger partial charge is 1.00 e. The number of Topliss-reactive ketones (excluding diaryl/α,β-unsaturated/α-hetero) is 1. The fourth-order valence-corrected chi connectivity index (χ4v) is 6.27. The molecule has 0 fully saturated rings. The van der Waals surface area contributed by atoms with Gasteiger partial charge in [0.05, 0.1) is 18.6 Å². The Hall–Kier alpha value is -2.73. The zero-order valence-corrected chi connectivity index (χ0v) is 31.1. The molecule has 0 bridgehead atoms. The molecule has 0 aliphatic heterocycles. The van der Waals surface area contributed by atoms with Gasteiger partial charge >= 0.3 is 0 Å².